The Balaban J connectivity index is 0.00000196. The van der Waals surface area contributed by atoms with Gasteiger partial charge in [-0.05, 0) is 56.4 Å². The standard InChI is InChI=1S/C17H20ClN3O3S.ClH/c18-12-4-6-13(7-5-12)25(22,23)17(10-1-2-11-17)15-20-14(21-24-15)16(19)8-3-9-16;/h4-7H,1-3,8-11,19H2;1H. The van der Waals surface area contributed by atoms with Crippen molar-refractivity contribution in [2.24, 2.45) is 5.73 Å². The molecular weight excluding hydrogens is 397 g/mol. The molecule has 2 aromatic rings. The summed E-state index contributed by atoms with van der Waals surface area (Å²) in [5, 5.41) is 4.52. The molecule has 0 spiro atoms. The maximum absolute atomic E-state index is 13.4. The van der Waals surface area contributed by atoms with Crippen molar-refractivity contribution in [3.05, 3.63) is 41.0 Å². The van der Waals surface area contributed by atoms with Gasteiger partial charge in [0.25, 0.3) is 0 Å². The lowest BCUT2D eigenvalue weighted by Crippen LogP contribution is -2.44. The summed E-state index contributed by atoms with van der Waals surface area (Å²) in [6, 6.07) is 6.23. The van der Waals surface area contributed by atoms with Gasteiger partial charge in [-0.15, -0.1) is 12.4 Å². The van der Waals surface area contributed by atoms with Crippen LogP contribution in [0.1, 0.15) is 56.7 Å². The van der Waals surface area contributed by atoms with Gasteiger partial charge in [0.05, 0.1) is 10.4 Å². The highest BCUT2D eigenvalue weighted by Crippen LogP contribution is 2.48. The summed E-state index contributed by atoms with van der Waals surface area (Å²) < 4.78 is 31.1. The van der Waals surface area contributed by atoms with E-state index in [9.17, 15) is 8.42 Å². The summed E-state index contributed by atoms with van der Waals surface area (Å²) in [4.78, 5) is 4.69. The Kier molecular flexibility index (Phi) is 5.11. The van der Waals surface area contributed by atoms with Crippen molar-refractivity contribution in [1.29, 1.82) is 0 Å². The Morgan fingerprint density at radius 2 is 1.65 bits per heavy atom. The van der Waals surface area contributed by atoms with Gasteiger partial charge in [0.2, 0.25) is 5.89 Å². The van der Waals surface area contributed by atoms with Gasteiger partial charge in [-0.3, -0.25) is 0 Å². The number of nitrogens with zero attached hydrogens (tertiary/aromatic N) is 2. The number of rotatable bonds is 4. The molecule has 2 aliphatic rings. The Labute approximate surface area is 163 Å². The molecule has 0 atom stereocenters. The molecule has 4 rings (SSSR count). The zero-order chi connectivity index (χ0) is 17.7. The van der Waals surface area contributed by atoms with E-state index in [2.05, 4.69) is 10.1 Å². The minimum Gasteiger partial charge on any atom is -0.338 e. The summed E-state index contributed by atoms with van der Waals surface area (Å²) in [5.41, 5.74) is 5.69. The monoisotopic (exact) mass is 417 g/mol. The van der Waals surface area contributed by atoms with Crippen LogP contribution in [0.4, 0.5) is 0 Å². The second kappa shape index (κ2) is 6.78. The van der Waals surface area contributed by atoms with Crippen LogP contribution in [0.25, 0.3) is 0 Å². The van der Waals surface area contributed by atoms with E-state index in [4.69, 9.17) is 21.9 Å². The minimum atomic E-state index is -3.69. The highest BCUT2D eigenvalue weighted by atomic mass is 35.5. The van der Waals surface area contributed by atoms with E-state index in [-0.39, 0.29) is 23.2 Å². The lowest BCUT2D eigenvalue weighted by Gasteiger charge is -2.34. The number of hydrogen-bond acceptors (Lipinski definition) is 6. The van der Waals surface area contributed by atoms with Crippen LogP contribution in [-0.4, -0.2) is 18.6 Å². The molecule has 0 radical (unpaired) electrons. The van der Waals surface area contributed by atoms with E-state index in [1.807, 2.05) is 0 Å². The normalized spacial score (nSPS) is 21.0. The van der Waals surface area contributed by atoms with Gasteiger partial charge in [0.1, 0.15) is 0 Å². The largest absolute Gasteiger partial charge is 0.338 e. The molecule has 1 aromatic carbocycles. The van der Waals surface area contributed by atoms with E-state index in [0.717, 1.165) is 32.1 Å². The van der Waals surface area contributed by atoms with Gasteiger partial charge in [-0.1, -0.05) is 29.6 Å². The van der Waals surface area contributed by atoms with E-state index < -0.39 is 20.1 Å². The van der Waals surface area contributed by atoms with Gasteiger partial charge in [-0.25, -0.2) is 8.42 Å². The Hall–Kier alpha value is -1.15. The number of nitrogens with two attached hydrogens (primary N) is 1. The van der Waals surface area contributed by atoms with Crippen molar-refractivity contribution in [2.45, 2.75) is 60.1 Å². The maximum atomic E-state index is 13.4. The van der Waals surface area contributed by atoms with Gasteiger partial charge in [0.15, 0.2) is 20.4 Å². The van der Waals surface area contributed by atoms with Crippen LogP contribution in [0.15, 0.2) is 33.7 Å². The smallest absolute Gasteiger partial charge is 0.248 e. The summed E-state index contributed by atoms with van der Waals surface area (Å²) in [6.07, 6.45) is 5.16. The average molecular weight is 418 g/mol. The molecule has 2 aliphatic carbocycles. The molecule has 9 heteroatoms. The average Bonchev–Trinajstić information content (AvgIpc) is 3.23. The fourth-order valence-corrected chi connectivity index (χ4v) is 5.99. The third kappa shape index (κ3) is 2.85. The third-order valence-corrected chi connectivity index (χ3v) is 8.31. The van der Waals surface area contributed by atoms with Crippen molar-refractivity contribution < 1.29 is 12.9 Å². The molecule has 0 unspecified atom stereocenters. The van der Waals surface area contributed by atoms with Crippen LogP contribution in [0.3, 0.4) is 0 Å². The van der Waals surface area contributed by atoms with Gasteiger partial charge in [-0.2, -0.15) is 4.98 Å². The number of sulfone groups is 1. The Bertz CT molecular complexity index is 886. The van der Waals surface area contributed by atoms with Crippen molar-refractivity contribution in [2.75, 3.05) is 0 Å². The van der Waals surface area contributed by atoms with Crippen LogP contribution in [0, 0.1) is 0 Å². The van der Waals surface area contributed by atoms with Gasteiger partial charge < -0.3 is 10.3 Å². The Morgan fingerprint density at radius 3 is 2.19 bits per heavy atom. The molecule has 0 amide bonds. The molecule has 2 N–H and O–H groups in total. The third-order valence-electron chi connectivity index (χ3n) is 5.56. The van der Waals surface area contributed by atoms with E-state index in [0.29, 0.717) is 23.7 Å². The van der Waals surface area contributed by atoms with E-state index >= 15 is 0 Å². The number of hydrogen-bond donors (Lipinski definition) is 1. The lowest BCUT2D eigenvalue weighted by atomic mass is 9.77. The quantitative estimate of drug-likeness (QED) is 0.813. The maximum Gasteiger partial charge on any atom is 0.248 e. The number of aromatic nitrogens is 2. The first-order chi connectivity index (χ1) is 11.9. The van der Waals surface area contributed by atoms with Crippen LogP contribution in [-0.2, 0) is 20.1 Å². The molecule has 1 heterocycles. The first kappa shape index (κ1) is 19.6. The predicted octanol–water partition coefficient (Wildman–Crippen LogP) is 3.73. The zero-order valence-corrected chi connectivity index (χ0v) is 16.5. The molecule has 26 heavy (non-hydrogen) atoms. The molecule has 142 valence electrons. The predicted molar refractivity (Wildman–Crippen MR) is 100 cm³/mol. The van der Waals surface area contributed by atoms with Crippen LogP contribution < -0.4 is 5.73 Å². The fraction of sp³-hybridized carbons (Fsp3) is 0.529. The Morgan fingerprint density at radius 1 is 1.04 bits per heavy atom. The molecular formula is C17H21Cl2N3O3S. The molecule has 2 saturated carbocycles. The number of benzene rings is 1. The SMILES string of the molecule is Cl.NC1(c2noc(C3(S(=O)(=O)c4ccc(Cl)cc4)CCCC3)n2)CCC1. The zero-order valence-electron chi connectivity index (χ0n) is 14.2. The van der Waals surface area contributed by atoms with Crippen molar-refractivity contribution in [3.8, 4) is 0 Å². The molecule has 0 saturated heterocycles. The second-order valence-electron chi connectivity index (χ2n) is 7.09. The van der Waals surface area contributed by atoms with Crippen molar-refractivity contribution >= 4 is 33.8 Å². The fourth-order valence-electron chi connectivity index (χ4n) is 3.78. The molecule has 6 nitrogen and oxygen atoms in total. The summed E-state index contributed by atoms with van der Waals surface area (Å²) in [6.45, 7) is 0. The highest BCUT2D eigenvalue weighted by molar-refractivity contribution is 7.92. The van der Waals surface area contributed by atoms with Crippen LogP contribution >= 0.6 is 24.0 Å². The molecule has 2 fully saturated rings. The van der Waals surface area contributed by atoms with Crippen molar-refractivity contribution in [3.63, 3.8) is 0 Å². The van der Waals surface area contributed by atoms with Crippen molar-refractivity contribution in [1.82, 2.24) is 10.1 Å². The van der Waals surface area contributed by atoms with Gasteiger partial charge in [0, 0.05) is 5.02 Å². The summed E-state index contributed by atoms with van der Waals surface area (Å²) in [5.74, 6) is 0.595. The molecule has 0 aliphatic heterocycles. The summed E-state index contributed by atoms with van der Waals surface area (Å²) >= 11 is 5.90. The molecule has 0 bridgehead atoms. The van der Waals surface area contributed by atoms with Gasteiger partial charge >= 0.3 is 0 Å². The lowest BCUT2D eigenvalue weighted by molar-refractivity contribution is 0.228. The highest BCUT2D eigenvalue weighted by Gasteiger charge is 2.53. The van der Waals surface area contributed by atoms with Crippen LogP contribution in [0.5, 0.6) is 0 Å². The second-order valence-corrected chi connectivity index (χ2v) is 9.79. The first-order valence-electron chi connectivity index (χ1n) is 8.51. The summed E-state index contributed by atoms with van der Waals surface area (Å²) in [7, 11) is -3.69. The van der Waals surface area contributed by atoms with E-state index in [1.54, 1.807) is 12.1 Å². The topological polar surface area (TPSA) is 99.1 Å². The minimum absolute atomic E-state index is 0. The number of halogens is 2. The van der Waals surface area contributed by atoms with E-state index in [1.165, 1.54) is 12.1 Å². The first-order valence-corrected chi connectivity index (χ1v) is 10.4. The molecule has 1 aromatic heterocycles. The van der Waals surface area contributed by atoms with Crippen LogP contribution in [0.2, 0.25) is 5.02 Å².